The van der Waals surface area contributed by atoms with Crippen LogP contribution >= 0.6 is 11.8 Å². The van der Waals surface area contributed by atoms with Crippen LogP contribution in [-0.4, -0.2) is 15.0 Å². The highest BCUT2D eigenvalue weighted by atomic mass is 32.2. The minimum absolute atomic E-state index is 0.364. The molecule has 0 aromatic carbocycles. The van der Waals surface area contributed by atoms with E-state index in [2.05, 4.69) is 15.0 Å². The van der Waals surface area contributed by atoms with Crippen molar-refractivity contribution in [3.05, 3.63) is 29.1 Å². The number of nitrogens with zero attached hydrogens (tertiary/aromatic N) is 3. The Kier molecular flexibility index (Phi) is 3.75. The first-order valence-corrected chi connectivity index (χ1v) is 6.69. The van der Waals surface area contributed by atoms with E-state index in [1.54, 1.807) is 6.20 Å². The zero-order chi connectivity index (χ0) is 14.0. The fraction of sp³-hybridized carbons (Fsp3) is 0.250. The van der Waals surface area contributed by atoms with Gasteiger partial charge in [-0.15, -0.1) is 0 Å². The van der Waals surface area contributed by atoms with Gasteiger partial charge in [0.05, 0.1) is 5.69 Å². The molecule has 2 heterocycles. The van der Waals surface area contributed by atoms with Gasteiger partial charge in [-0.05, 0) is 25.0 Å². The summed E-state index contributed by atoms with van der Waals surface area (Å²) in [6, 6.07) is 1.53. The zero-order valence-electron chi connectivity index (χ0n) is 10.8. The lowest BCUT2D eigenvalue weighted by atomic mass is 10.1. The van der Waals surface area contributed by atoms with Crippen LogP contribution in [0.25, 0.3) is 0 Å². The Morgan fingerprint density at radius 1 is 1.11 bits per heavy atom. The van der Waals surface area contributed by atoms with Crippen LogP contribution in [0.3, 0.4) is 0 Å². The monoisotopic (exact) mass is 276 g/mol. The van der Waals surface area contributed by atoms with Crippen molar-refractivity contribution in [1.82, 2.24) is 15.0 Å². The summed E-state index contributed by atoms with van der Waals surface area (Å²) in [6.07, 6.45) is 1.77. The summed E-state index contributed by atoms with van der Waals surface area (Å²) in [7, 11) is 0. The third kappa shape index (κ3) is 3.05. The lowest BCUT2D eigenvalue weighted by Crippen LogP contribution is -2.02. The molecule has 2 aromatic heterocycles. The first-order valence-electron chi connectivity index (χ1n) is 5.70. The lowest BCUT2D eigenvalue weighted by Gasteiger charge is -2.09. The molecule has 0 saturated carbocycles. The molecule has 0 fully saturated rings. The molecule has 6 nitrogen and oxygen atoms in total. The molecule has 0 bridgehead atoms. The first-order chi connectivity index (χ1) is 8.97. The molecule has 7 heteroatoms. The van der Waals surface area contributed by atoms with Crippen molar-refractivity contribution in [3.63, 3.8) is 0 Å². The number of anilines is 3. The van der Waals surface area contributed by atoms with E-state index in [9.17, 15) is 0 Å². The summed E-state index contributed by atoms with van der Waals surface area (Å²) in [5.41, 5.74) is 20.9. The second-order valence-electron chi connectivity index (χ2n) is 4.22. The van der Waals surface area contributed by atoms with Gasteiger partial charge in [0.2, 0.25) is 0 Å². The van der Waals surface area contributed by atoms with Crippen LogP contribution in [0.5, 0.6) is 0 Å². The maximum Gasteiger partial charge on any atom is 0.191 e. The summed E-state index contributed by atoms with van der Waals surface area (Å²) in [6.45, 7) is 3.90. The van der Waals surface area contributed by atoms with Gasteiger partial charge in [0.25, 0.3) is 0 Å². The second kappa shape index (κ2) is 5.31. The van der Waals surface area contributed by atoms with Gasteiger partial charge in [-0.2, -0.15) is 0 Å². The van der Waals surface area contributed by atoms with Crippen molar-refractivity contribution >= 4 is 29.1 Å². The minimum Gasteiger partial charge on any atom is -0.398 e. The maximum absolute atomic E-state index is 5.98. The number of hydrogen-bond donors (Lipinski definition) is 3. The standard InChI is InChI=1S/C12H16N6S/c1-6-4-16-8(7(2)11(6)15)5-19-12-17-9(13)3-10(14)18-12/h3-4H,5H2,1-2H3,(H2,15,16)(H4,13,14,17,18). The van der Waals surface area contributed by atoms with E-state index in [4.69, 9.17) is 17.2 Å². The molecule has 0 saturated heterocycles. The van der Waals surface area contributed by atoms with Gasteiger partial charge in [0, 0.05) is 23.7 Å². The van der Waals surface area contributed by atoms with Crippen LogP contribution in [0.15, 0.2) is 17.4 Å². The van der Waals surface area contributed by atoms with E-state index in [1.807, 2.05) is 13.8 Å². The third-order valence-electron chi connectivity index (χ3n) is 2.76. The Balaban J connectivity index is 2.17. The smallest absolute Gasteiger partial charge is 0.191 e. The number of thioether (sulfide) groups is 1. The highest BCUT2D eigenvalue weighted by molar-refractivity contribution is 7.98. The number of aromatic nitrogens is 3. The van der Waals surface area contributed by atoms with Crippen LogP contribution < -0.4 is 17.2 Å². The summed E-state index contributed by atoms with van der Waals surface area (Å²) >= 11 is 1.43. The minimum atomic E-state index is 0.364. The van der Waals surface area contributed by atoms with Crippen molar-refractivity contribution in [1.29, 1.82) is 0 Å². The quantitative estimate of drug-likeness (QED) is 0.574. The van der Waals surface area contributed by atoms with Crippen molar-refractivity contribution in [2.75, 3.05) is 17.2 Å². The third-order valence-corrected chi connectivity index (χ3v) is 3.62. The Hall–Kier alpha value is -2.02. The molecule has 0 unspecified atom stereocenters. The van der Waals surface area contributed by atoms with Gasteiger partial charge in [-0.1, -0.05) is 11.8 Å². The average molecular weight is 276 g/mol. The van der Waals surface area contributed by atoms with Crippen molar-refractivity contribution in [2.24, 2.45) is 0 Å². The van der Waals surface area contributed by atoms with E-state index >= 15 is 0 Å². The van der Waals surface area contributed by atoms with Crippen LogP contribution in [0, 0.1) is 13.8 Å². The molecule has 0 aliphatic rings. The largest absolute Gasteiger partial charge is 0.398 e. The van der Waals surface area contributed by atoms with Crippen LogP contribution in [-0.2, 0) is 5.75 Å². The SMILES string of the molecule is Cc1cnc(CSc2nc(N)cc(N)n2)c(C)c1N. The van der Waals surface area contributed by atoms with Gasteiger partial charge >= 0.3 is 0 Å². The van der Waals surface area contributed by atoms with Crippen LogP contribution in [0.1, 0.15) is 16.8 Å². The van der Waals surface area contributed by atoms with Crippen LogP contribution in [0.2, 0.25) is 0 Å². The first kappa shape index (κ1) is 13.4. The predicted molar refractivity (Wildman–Crippen MR) is 78.5 cm³/mol. The number of nitrogens with two attached hydrogens (primary N) is 3. The molecular formula is C12H16N6S. The maximum atomic E-state index is 5.98. The van der Waals surface area contributed by atoms with Crippen molar-refractivity contribution in [2.45, 2.75) is 24.8 Å². The van der Waals surface area contributed by atoms with Gasteiger partial charge in [-0.25, -0.2) is 9.97 Å². The van der Waals surface area contributed by atoms with Gasteiger partial charge in [0.15, 0.2) is 5.16 Å². The fourth-order valence-corrected chi connectivity index (χ4v) is 2.49. The normalized spacial score (nSPS) is 10.6. The molecule has 6 N–H and O–H groups in total. The lowest BCUT2D eigenvalue weighted by molar-refractivity contribution is 0.980. The zero-order valence-corrected chi connectivity index (χ0v) is 11.7. The molecule has 100 valence electrons. The molecule has 0 spiro atoms. The summed E-state index contributed by atoms with van der Waals surface area (Å²) < 4.78 is 0. The van der Waals surface area contributed by atoms with E-state index in [0.717, 1.165) is 22.5 Å². The fourth-order valence-electron chi connectivity index (χ4n) is 1.60. The molecule has 0 radical (unpaired) electrons. The Morgan fingerprint density at radius 3 is 2.37 bits per heavy atom. The van der Waals surface area contributed by atoms with Crippen molar-refractivity contribution < 1.29 is 0 Å². The number of hydrogen-bond acceptors (Lipinski definition) is 7. The molecule has 0 atom stereocenters. The Bertz CT molecular complexity index is 593. The van der Waals surface area contributed by atoms with E-state index < -0.39 is 0 Å². The number of rotatable bonds is 3. The van der Waals surface area contributed by atoms with Crippen LogP contribution in [0.4, 0.5) is 17.3 Å². The molecule has 2 aromatic rings. The molecule has 0 aliphatic heterocycles. The highest BCUT2D eigenvalue weighted by Gasteiger charge is 2.08. The van der Waals surface area contributed by atoms with Gasteiger partial charge in [0.1, 0.15) is 11.6 Å². The number of nitrogen functional groups attached to an aromatic ring is 3. The summed E-state index contributed by atoms with van der Waals surface area (Å²) in [5, 5.41) is 0.540. The number of aryl methyl sites for hydroxylation is 1. The van der Waals surface area contributed by atoms with Gasteiger partial charge in [-0.3, -0.25) is 4.98 Å². The summed E-state index contributed by atoms with van der Waals surface area (Å²) in [4.78, 5) is 12.6. The van der Waals surface area contributed by atoms with E-state index in [1.165, 1.54) is 17.8 Å². The predicted octanol–water partition coefficient (Wildman–Crippen LogP) is 1.53. The summed E-state index contributed by atoms with van der Waals surface area (Å²) in [5.74, 6) is 1.35. The van der Waals surface area contributed by atoms with E-state index in [0.29, 0.717) is 22.5 Å². The molecular weight excluding hydrogens is 260 g/mol. The Labute approximate surface area is 115 Å². The average Bonchev–Trinajstić information content (AvgIpc) is 2.34. The second-order valence-corrected chi connectivity index (χ2v) is 5.16. The molecule has 2 rings (SSSR count). The van der Waals surface area contributed by atoms with Crippen molar-refractivity contribution in [3.8, 4) is 0 Å². The Morgan fingerprint density at radius 2 is 1.74 bits per heavy atom. The van der Waals surface area contributed by atoms with E-state index in [-0.39, 0.29) is 0 Å². The molecule has 0 amide bonds. The van der Waals surface area contributed by atoms with Gasteiger partial charge < -0.3 is 17.2 Å². The molecule has 19 heavy (non-hydrogen) atoms. The number of pyridine rings is 1. The highest BCUT2D eigenvalue weighted by Crippen LogP contribution is 2.25. The molecule has 0 aliphatic carbocycles. The topological polar surface area (TPSA) is 117 Å².